The molecule has 0 saturated carbocycles. The van der Waals surface area contributed by atoms with E-state index in [2.05, 4.69) is 0 Å². The van der Waals surface area contributed by atoms with Crippen LogP contribution in [0.15, 0.2) is 18.2 Å². The van der Waals surface area contributed by atoms with Gasteiger partial charge in [0.25, 0.3) is 0 Å². The number of benzene rings is 1. The number of hydrogen-bond acceptors (Lipinski definition) is 3. The number of aliphatic hydroxyl groups is 1. The largest absolute Gasteiger partial charge is 0.393 e. The molecule has 1 unspecified atom stereocenters. The van der Waals surface area contributed by atoms with Crippen molar-refractivity contribution in [3.8, 4) is 0 Å². The van der Waals surface area contributed by atoms with Gasteiger partial charge >= 0.3 is 0 Å². The number of halogens is 2. The molecule has 0 fully saturated rings. The van der Waals surface area contributed by atoms with E-state index >= 15 is 0 Å². The van der Waals surface area contributed by atoms with Crippen molar-refractivity contribution in [1.29, 1.82) is 0 Å². The maximum absolute atomic E-state index is 13.3. The van der Waals surface area contributed by atoms with E-state index in [-0.39, 0.29) is 12.1 Å². The summed E-state index contributed by atoms with van der Waals surface area (Å²) in [5, 5.41) is 9.11. The maximum Gasteiger partial charge on any atom is 0.179 e. The zero-order chi connectivity index (χ0) is 13.7. The van der Waals surface area contributed by atoms with Crippen LogP contribution in [0.1, 0.15) is 23.7 Å². The van der Waals surface area contributed by atoms with Gasteiger partial charge in [0.15, 0.2) is 5.78 Å². The Balaban J connectivity index is 2.59. The van der Waals surface area contributed by atoms with Crippen LogP contribution in [0.4, 0.5) is 8.78 Å². The van der Waals surface area contributed by atoms with Crippen LogP contribution < -0.4 is 0 Å². The fraction of sp³-hybridized carbons (Fsp3) is 0.462. The first kappa shape index (κ1) is 14.7. The van der Waals surface area contributed by atoms with Gasteiger partial charge in [-0.1, -0.05) is 0 Å². The van der Waals surface area contributed by atoms with Gasteiger partial charge in [0.2, 0.25) is 0 Å². The number of hydrogen-bond donors (Lipinski definition) is 1. The van der Waals surface area contributed by atoms with E-state index in [1.807, 2.05) is 0 Å². The predicted octanol–water partition coefficient (Wildman–Crippen LogP) is 1.85. The molecule has 0 bridgehead atoms. The first-order valence-corrected chi connectivity index (χ1v) is 5.75. The topological polar surface area (TPSA) is 40.5 Å². The molecular weight excluding hydrogens is 240 g/mol. The van der Waals surface area contributed by atoms with Crippen LogP contribution in [-0.4, -0.2) is 42.0 Å². The Hall–Kier alpha value is -1.33. The van der Waals surface area contributed by atoms with E-state index in [0.717, 1.165) is 12.1 Å². The third-order valence-electron chi connectivity index (χ3n) is 2.57. The highest BCUT2D eigenvalue weighted by atomic mass is 19.1. The third kappa shape index (κ3) is 4.50. The Morgan fingerprint density at radius 1 is 1.44 bits per heavy atom. The van der Waals surface area contributed by atoms with E-state index in [0.29, 0.717) is 19.0 Å². The van der Waals surface area contributed by atoms with E-state index in [9.17, 15) is 13.6 Å². The van der Waals surface area contributed by atoms with Crippen molar-refractivity contribution in [3.05, 3.63) is 35.4 Å². The number of Topliss-reactive ketones (excluding diaryl/α,β-unsaturated/α-hetero) is 1. The minimum Gasteiger partial charge on any atom is -0.393 e. The summed E-state index contributed by atoms with van der Waals surface area (Å²) in [5.41, 5.74) is -0.111. The van der Waals surface area contributed by atoms with Gasteiger partial charge in [0, 0.05) is 12.6 Å². The Kier molecular flexibility index (Phi) is 5.37. The zero-order valence-electron chi connectivity index (χ0n) is 10.5. The molecule has 5 heteroatoms. The summed E-state index contributed by atoms with van der Waals surface area (Å²) in [7, 11) is 1.71. The standard InChI is InChI=1S/C13H17F2NO2/c1-9(17)5-6-16(2)8-13(18)11-4-3-10(14)7-12(11)15/h3-4,7,9,17H,5-6,8H2,1-2H3. The normalized spacial score (nSPS) is 12.8. The van der Waals surface area contributed by atoms with Crippen LogP contribution in [0.3, 0.4) is 0 Å². The van der Waals surface area contributed by atoms with Gasteiger partial charge in [-0.15, -0.1) is 0 Å². The highest BCUT2D eigenvalue weighted by Gasteiger charge is 2.14. The molecule has 1 aromatic rings. The lowest BCUT2D eigenvalue weighted by Crippen LogP contribution is -2.29. The average Bonchev–Trinajstić information content (AvgIpc) is 2.26. The second-order valence-electron chi connectivity index (χ2n) is 4.42. The molecule has 1 aromatic carbocycles. The quantitative estimate of drug-likeness (QED) is 0.791. The number of carbonyl (C=O) groups is 1. The van der Waals surface area contributed by atoms with Crippen molar-refractivity contribution in [2.75, 3.05) is 20.1 Å². The summed E-state index contributed by atoms with van der Waals surface area (Å²) in [6, 6.07) is 2.91. The Bertz CT molecular complexity index is 421. The first-order valence-electron chi connectivity index (χ1n) is 5.75. The third-order valence-corrected chi connectivity index (χ3v) is 2.57. The fourth-order valence-corrected chi connectivity index (χ4v) is 1.53. The van der Waals surface area contributed by atoms with Crippen molar-refractivity contribution in [3.63, 3.8) is 0 Å². The number of nitrogens with zero attached hydrogens (tertiary/aromatic N) is 1. The van der Waals surface area contributed by atoms with Gasteiger partial charge < -0.3 is 5.11 Å². The minimum atomic E-state index is -0.844. The van der Waals surface area contributed by atoms with Gasteiger partial charge in [-0.2, -0.15) is 0 Å². The van der Waals surface area contributed by atoms with Crippen molar-refractivity contribution >= 4 is 5.78 Å². The van der Waals surface area contributed by atoms with Crippen LogP contribution in [0.2, 0.25) is 0 Å². The lowest BCUT2D eigenvalue weighted by molar-refractivity contribution is 0.0927. The smallest absolute Gasteiger partial charge is 0.179 e. The van der Waals surface area contributed by atoms with Crippen molar-refractivity contribution in [1.82, 2.24) is 4.90 Å². The molecule has 1 atom stereocenters. The predicted molar refractivity (Wildman–Crippen MR) is 64.5 cm³/mol. The second-order valence-corrected chi connectivity index (χ2v) is 4.42. The van der Waals surface area contributed by atoms with Crippen molar-refractivity contribution in [2.24, 2.45) is 0 Å². The van der Waals surface area contributed by atoms with Crippen LogP contribution in [0.25, 0.3) is 0 Å². The Morgan fingerprint density at radius 2 is 2.11 bits per heavy atom. The number of rotatable bonds is 6. The summed E-state index contributed by atoms with van der Waals surface area (Å²) in [6.07, 6.45) is 0.0977. The molecule has 0 aliphatic carbocycles. The molecular formula is C13H17F2NO2. The van der Waals surface area contributed by atoms with E-state index in [4.69, 9.17) is 5.11 Å². The van der Waals surface area contributed by atoms with Gasteiger partial charge in [-0.25, -0.2) is 8.78 Å². The number of carbonyl (C=O) groups excluding carboxylic acids is 1. The molecule has 0 aliphatic heterocycles. The molecule has 1 N–H and O–H groups in total. The molecule has 3 nitrogen and oxygen atoms in total. The van der Waals surface area contributed by atoms with Crippen molar-refractivity contribution in [2.45, 2.75) is 19.4 Å². The fourth-order valence-electron chi connectivity index (χ4n) is 1.53. The Labute approximate surface area is 105 Å². The molecule has 18 heavy (non-hydrogen) atoms. The molecule has 0 spiro atoms. The molecule has 100 valence electrons. The zero-order valence-corrected chi connectivity index (χ0v) is 10.5. The SMILES string of the molecule is CC(O)CCN(C)CC(=O)c1ccc(F)cc1F. The molecule has 0 saturated heterocycles. The minimum absolute atomic E-state index is 0.0370. The van der Waals surface area contributed by atoms with Gasteiger partial charge in [-0.05, 0) is 32.5 Å². The monoisotopic (exact) mass is 257 g/mol. The van der Waals surface area contributed by atoms with Crippen LogP contribution >= 0.6 is 0 Å². The van der Waals surface area contributed by atoms with E-state index in [1.165, 1.54) is 0 Å². The van der Waals surface area contributed by atoms with Gasteiger partial charge in [-0.3, -0.25) is 9.69 Å². The van der Waals surface area contributed by atoms with Crippen LogP contribution in [0.5, 0.6) is 0 Å². The molecule has 0 aliphatic rings. The summed E-state index contributed by atoms with van der Waals surface area (Å²) < 4.78 is 26.0. The molecule has 0 amide bonds. The van der Waals surface area contributed by atoms with Crippen LogP contribution in [0, 0.1) is 11.6 Å². The molecule has 0 aromatic heterocycles. The number of likely N-dealkylation sites (N-methyl/N-ethyl adjacent to an activating group) is 1. The van der Waals surface area contributed by atoms with E-state index in [1.54, 1.807) is 18.9 Å². The van der Waals surface area contributed by atoms with Gasteiger partial charge in [0.05, 0.1) is 18.2 Å². The van der Waals surface area contributed by atoms with E-state index < -0.39 is 23.5 Å². The summed E-state index contributed by atoms with van der Waals surface area (Å²) >= 11 is 0. The molecule has 1 rings (SSSR count). The van der Waals surface area contributed by atoms with Gasteiger partial charge in [0.1, 0.15) is 11.6 Å². The first-order chi connectivity index (χ1) is 8.40. The summed E-state index contributed by atoms with van der Waals surface area (Å²) in [6.45, 7) is 2.23. The lowest BCUT2D eigenvalue weighted by Gasteiger charge is -2.16. The maximum atomic E-state index is 13.3. The second kappa shape index (κ2) is 6.56. The molecule has 0 radical (unpaired) electrons. The van der Waals surface area contributed by atoms with Crippen molar-refractivity contribution < 1.29 is 18.7 Å². The Morgan fingerprint density at radius 3 is 2.67 bits per heavy atom. The highest BCUT2D eigenvalue weighted by Crippen LogP contribution is 2.10. The molecule has 0 heterocycles. The summed E-state index contributed by atoms with van der Waals surface area (Å²) in [5.74, 6) is -1.95. The number of ketones is 1. The lowest BCUT2D eigenvalue weighted by atomic mass is 10.1. The summed E-state index contributed by atoms with van der Waals surface area (Å²) in [4.78, 5) is 13.5. The highest BCUT2D eigenvalue weighted by molar-refractivity contribution is 5.97. The average molecular weight is 257 g/mol. The number of aliphatic hydroxyl groups excluding tert-OH is 1. The van der Waals surface area contributed by atoms with Crippen LogP contribution in [-0.2, 0) is 0 Å².